The van der Waals surface area contributed by atoms with Crippen LogP contribution in [-0.2, 0) is 0 Å². The maximum atomic E-state index is 12.7. The lowest BCUT2D eigenvalue weighted by Crippen LogP contribution is -2.13. The Kier molecular flexibility index (Phi) is 3.86. The van der Waals surface area contributed by atoms with Gasteiger partial charge in [0.2, 0.25) is 11.8 Å². The molecule has 1 aromatic heterocycles. The van der Waals surface area contributed by atoms with Gasteiger partial charge in [0.1, 0.15) is 6.61 Å². The fourth-order valence-electron chi connectivity index (χ4n) is 0.723. The summed E-state index contributed by atoms with van der Waals surface area (Å²) in [5, 5.41) is 8.90. The average molecular weight is 297 g/mol. The Morgan fingerprint density at radius 1 is 1.69 bits per heavy atom. The molecule has 0 saturated heterocycles. The molecule has 0 aliphatic heterocycles. The number of ether oxygens (including phenoxy) is 1. The number of aromatic nitrogens is 1. The van der Waals surface area contributed by atoms with Crippen LogP contribution in [0.3, 0.4) is 0 Å². The first kappa shape index (κ1) is 10.6. The van der Waals surface area contributed by atoms with Crippen LogP contribution in [-0.4, -0.2) is 22.8 Å². The minimum atomic E-state index is -0.581. The van der Waals surface area contributed by atoms with Gasteiger partial charge in [-0.2, -0.15) is 9.37 Å². The van der Waals surface area contributed by atoms with Gasteiger partial charge in [0.15, 0.2) is 0 Å². The molecule has 5 heteroatoms. The van der Waals surface area contributed by atoms with E-state index in [1.54, 1.807) is 13.0 Å². The third-order valence-corrected chi connectivity index (χ3v) is 1.83. The smallest absolute Gasteiger partial charge is 0.217 e. The zero-order valence-electron chi connectivity index (χ0n) is 7.00. The monoisotopic (exact) mass is 297 g/mol. The van der Waals surface area contributed by atoms with Crippen LogP contribution in [0.2, 0.25) is 0 Å². The number of aliphatic hydroxyl groups excluding tert-OH is 1. The summed E-state index contributed by atoms with van der Waals surface area (Å²) >= 11 is 1.97. The van der Waals surface area contributed by atoms with Crippen molar-refractivity contribution in [2.75, 3.05) is 6.61 Å². The summed E-state index contributed by atoms with van der Waals surface area (Å²) in [6.45, 7) is 1.71. The second-order valence-corrected chi connectivity index (χ2v) is 3.85. The molecular weight excluding hydrogens is 288 g/mol. The fraction of sp³-hybridized carbons (Fsp3) is 0.375. The van der Waals surface area contributed by atoms with E-state index in [1.807, 2.05) is 22.6 Å². The van der Waals surface area contributed by atoms with Gasteiger partial charge in [-0.1, -0.05) is 0 Å². The molecule has 1 rings (SSSR count). The molecule has 1 unspecified atom stereocenters. The Labute approximate surface area is 89.1 Å². The van der Waals surface area contributed by atoms with Crippen molar-refractivity contribution in [2.45, 2.75) is 13.0 Å². The van der Waals surface area contributed by atoms with E-state index in [1.165, 1.54) is 6.07 Å². The zero-order chi connectivity index (χ0) is 9.84. The van der Waals surface area contributed by atoms with Crippen LogP contribution in [0.25, 0.3) is 0 Å². The molecule has 1 aromatic rings. The summed E-state index contributed by atoms with van der Waals surface area (Å²) in [6.07, 6.45) is -0.581. The minimum Gasteiger partial charge on any atom is -0.475 e. The molecule has 0 amide bonds. The van der Waals surface area contributed by atoms with Crippen LogP contribution < -0.4 is 4.74 Å². The second kappa shape index (κ2) is 4.71. The molecule has 0 saturated carbocycles. The molecule has 1 N–H and O–H groups in total. The van der Waals surface area contributed by atoms with Crippen molar-refractivity contribution in [2.24, 2.45) is 0 Å². The SMILES string of the molecule is CC(O)COc1cc(I)cc(F)n1. The molecule has 0 fully saturated rings. The highest BCUT2D eigenvalue weighted by Crippen LogP contribution is 2.13. The topological polar surface area (TPSA) is 42.4 Å². The van der Waals surface area contributed by atoms with Gasteiger partial charge in [-0.15, -0.1) is 0 Å². The van der Waals surface area contributed by atoms with Crippen molar-refractivity contribution in [1.82, 2.24) is 4.98 Å². The van der Waals surface area contributed by atoms with Crippen molar-refractivity contribution >= 4 is 22.6 Å². The van der Waals surface area contributed by atoms with Crippen LogP contribution in [0, 0.1) is 9.52 Å². The van der Waals surface area contributed by atoms with Crippen LogP contribution >= 0.6 is 22.6 Å². The third kappa shape index (κ3) is 3.86. The first-order valence-electron chi connectivity index (χ1n) is 3.72. The largest absolute Gasteiger partial charge is 0.475 e. The van der Waals surface area contributed by atoms with E-state index in [9.17, 15) is 4.39 Å². The van der Waals surface area contributed by atoms with Crippen molar-refractivity contribution in [3.05, 3.63) is 21.7 Å². The third-order valence-electron chi connectivity index (χ3n) is 1.21. The molecule has 0 spiro atoms. The maximum absolute atomic E-state index is 12.7. The minimum absolute atomic E-state index is 0.118. The van der Waals surface area contributed by atoms with Crippen molar-refractivity contribution in [3.63, 3.8) is 0 Å². The van der Waals surface area contributed by atoms with Crippen molar-refractivity contribution in [3.8, 4) is 5.88 Å². The summed E-state index contributed by atoms with van der Waals surface area (Å²) in [4.78, 5) is 3.50. The predicted molar refractivity (Wildman–Crippen MR) is 54.1 cm³/mol. The van der Waals surface area contributed by atoms with Crippen LogP contribution in [0.1, 0.15) is 6.92 Å². The normalized spacial score (nSPS) is 12.6. The molecule has 72 valence electrons. The van der Waals surface area contributed by atoms with E-state index < -0.39 is 12.1 Å². The van der Waals surface area contributed by atoms with E-state index in [0.717, 1.165) is 0 Å². The Hall–Kier alpha value is -0.430. The van der Waals surface area contributed by atoms with Crippen molar-refractivity contribution in [1.29, 1.82) is 0 Å². The Morgan fingerprint density at radius 3 is 2.92 bits per heavy atom. The number of rotatable bonds is 3. The highest BCUT2D eigenvalue weighted by Gasteiger charge is 2.02. The Balaban J connectivity index is 2.66. The van der Waals surface area contributed by atoms with E-state index >= 15 is 0 Å². The van der Waals surface area contributed by atoms with Gasteiger partial charge in [-0.3, -0.25) is 0 Å². The van der Waals surface area contributed by atoms with Gasteiger partial charge >= 0.3 is 0 Å². The lowest BCUT2D eigenvalue weighted by molar-refractivity contribution is 0.119. The van der Waals surface area contributed by atoms with Crippen LogP contribution in [0.4, 0.5) is 4.39 Å². The molecule has 0 aromatic carbocycles. The molecule has 3 nitrogen and oxygen atoms in total. The first-order chi connectivity index (χ1) is 6.08. The quantitative estimate of drug-likeness (QED) is 0.680. The number of hydrogen-bond donors (Lipinski definition) is 1. The standard InChI is InChI=1S/C8H9FINO2/c1-5(12)4-13-8-3-6(10)2-7(9)11-8/h2-3,5,12H,4H2,1H3. The van der Waals surface area contributed by atoms with Crippen LogP contribution in [0.15, 0.2) is 12.1 Å². The Bertz CT molecular complexity index is 273. The van der Waals surface area contributed by atoms with Crippen LogP contribution in [0.5, 0.6) is 5.88 Å². The van der Waals surface area contributed by atoms with Gasteiger partial charge in [-0.25, -0.2) is 0 Å². The second-order valence-electron chi connectivity index (χ2n) is 2.61. The highest BCUT2D eigenvalue weighted by molar-refractivity contribution is 14.1. The summed E-state index contributed by atoms with van der Waals surface area (Å²) in [5.41, 5.74) is 0. The molecule has 0 aliphatic rings. The molecule has 0 aliphatic carbocycles. The molecular formula is C8H9FINO2. The van der Waals surface area contributed by atoms with Crippen molar-refractivity contribution < 1.29 is 14.2 Å². The fourth-order valence-corrected chi connectivity index (χ4v) is 1.25. The summed E-state index contributed by atoms with van der Waals surface area (Å²) < 4.78 is 18.4. The first-order valence-corrected chi connectivity index (χ1v) is 4.80. The zero-order valence-corrected chi connectivity index (χ0v) is 9.16. The molecule has 0 bridgehead atoms. The van der Waals surface area contributed by atoms with E-state index in [-0.39, 0.29) is 12.5 Å². The maximum Gasteiger partial charge on any atom is 0.217 e. The van der Waals surface area contributed by atoms with Gasteiger partial charge in [0, 0.05) is 15.7 Å². The number of pyridine rings is 1. The van der Waals surface area contributed by atoms with Gasteiger partial charge in [-0.05, 0) is 29.5 Å². The number of hydrogen-bond acceptors (Lipinski definition) is 3. The molecule has 1 heterocycles. The highest BCUT2D eigenvalue weighted by atomic mass is 127. The Morgan fingerprint density at radius 2 is 2.38 bits per heavy atom. The number of nitrogens with zero attached hydrogens (tertiary/aromatic N) is 1. The van der Waals surface area contributed by atoms with E-state index in [4.69, 9.17) is 9.84 Å². The predicted octanol–water partition coefficient (Wildman–Crippen LogP) is 1.58. The number of halogens is 2. The molecule has 0 radical (unpaired) electrons. The van der Waals surface area contributed by atoms with Gasteiger partial charge in [0.05, 0.1) is 6.10 Å². The van der Waals surface area contributed by atoms with E-state index in [0.29, 0.717) is 3.57 Å². The van der Waals surface area contributed by atoms with E-state index in [2.05, 4.69) is 4.98 Å². The average Bonchev–Trinajstić information content (AvgIpc) is 1.99. The molecule has 1 atom stereocenters. The summed E-state index contributed by atoms with van der Waals surface area (Å²) in [5.74, 6) is -0.377. The summed E-state index contributed by atoms with van der Waals surface area (Å²) in [6, 6.07) is 2.90. The van der Waals surface area contributed by atoms with Gasteiger partial charge in [0.25, 0.3) is 0 Å². The summed E-state index contributed by atoms with van der Waals surface area (Å²) in [7, 11) is 0. The number of aliphatic hydroxyl groups is 1. The lowest BCUT2D eigenvalue weighted by atomic mass is 10.4. The van der Waals surface area contributed by atoms with Gasteiger partial charge < -0.3 is 9.84 Å². The molecule has 13 heavy (non-hydrogen) atoms. The lowest BCUT2D eigenvalue weighted by Gasteiger charge is -2.06.